The van der Waals surface area contributed by atoms with Gasteiger partial charge in [-0.25, -0.2) is 0 Å². The fraction of sp³-hybridized carbons (Fsp3) is 0.600. The number of thiophene rings is 1. The number of rotatable bonds is 5. The second kappa shape index (κ2) is 5.33. The Morgan fingerprint density at radius 1 is 1.58 bits per heavy atom. The molecule has 0 saturated heterocycles. The van der Waals surface area contributed by atoms with Gasteiger partial charge in [0.25, 0.3) is 0 Å². The zero-order valence-electron chi connectivity index (χ0n) is 7.84. The lowest BCUT2D eigenvalue weighted by Gasteiger charge is -2.10. The average Bonchev–Trinajstić information content (AvgIpc) is 2.53. The maximum absolute atomic E-state index is 3.50. The van der Waals surface area contributed by atoms with Crippen molar-refractivity contribution in [1.82, 2.24) is 5.32 Å². The van der Waals surface area contributed by atoms with E-state index in [0.29, 0.717) is 6.04 Å². The molecule has 0 radical (unpaired) electrons. The summed E-state index contributed by atoms with van der Waals surface area (Å²) in [5, 5.41) is 5.62. The maximum Gasteiger partial charge on any atom is 0.0302 e. The van der Waals surface area contributed by atoms with E-state index in [0.717, 1.165) is 6.54 Å². The number of hydrogen-bond donors (Lipinski definition) is 1. The summed E-state index contributed by atoms with van der Waals surface area (Å²) in [6.07, 6.45) is 2.53. The fourth-order valence-electron chi connectivity index (χ4n) is 1.22. The monoisotopic (exact) mass is 183 g/mol. The van der Waals surface area contributed by atoms with E-state index in [1.54, 1.807) is 0 Å². The molecular weight excluding hydrogens is 166 g/mol. The van der Waals surface area contributed by atoms with E-state index >= 15 is 0 Å². The van der Waals surface area contributed by atoms with Crippen LogP contribution in [0.2, 0.25) is 0 Å². The predicted molar refractivity (Wildman–Crippen MR) is 55.5 cm³/mol. The standard InChI is InChI=1S/C10H17NS/c1-3-5-9(2)11-8-10-6-4-7-12-10/h4,6-7,9,11H,3,5,8H2,1-2H3. The summed E-state index contributed by atoms with van der Waals surface area (Å²) in [6.45, 7) is 5.50. The molecule has 12 heavy (non-hydrogen) atoms. The predicted octanol–water partition coefficient (Wildman–Crippen LogP) is 3.03. The van der Waals surface area contributed by atoms with E-state index in [1.807, 2.05) is 11.3 Å². The molecule has 0 saturated carbocycles. The molecule has 1 unspecified atom stereocenters. The summed E-state index contributed by atoms with van der Waals surface area (Å²) in [5.41, 5.74) is 0. The third kappa shape index (κ3) is 3.37. The van der Waals surface area contributed by atoms with Gasteiger partial charge in [-0.2, -0.15) is 0 Å². The van der Waals surface area contributed by atoms with Crippen LogP contribution in [0.3, 0.4) is 0 Å². The van der Waals surface area contributed by atoms with Crippen molar-refractivity contribution in [2.45, 2.75) is 39.3 Å². The van der Waals surface area contributed by atoms with Gasteiger partial charge < -0.3 is 5.32 Å². The summed E-state index contributed by atoms with van der Waals surface area (Å²) in [6, 6.07) is 4.93. The third-order valence-electron chi connectivity index (χ3n) is 1.93. The van der Waals surface area contributed by atoms with Crippen LogP contribution in [0.4, 0.5) is 0 Å². The third-order valence-corrected chi connectivity index (χ3v) is 2.80. The number of nitrogens with one attached hydrogen (secondary N) is 1. The Bertz CT molecular complexity index is 194. The van der Waals surface area contributed by atoms with Gasteiger partial charge in [0.2, 0.25) is 0 Å². The molecule has 0 fully saturated rings. The summed E-state index contributed by atoms with van der Waals surface area (Å²) in [7, 11) is 0. The van der Waals surface area contributed by atoms with Crippen molar-refractivity contribution in [2.75, 3.05) is 0 Å². The fourth-order valence-corrected chi connectivity index (χ4v) is 1.88. The van der Waals surface area contributed by atoms with E-state index in [9.17, 15) is 0 Å². The van der Waals surface area contributed by atoms with Crippen LogP contribution in [0.1, 0.15) is 31.6 Å². The first-order chi connectivity index (χ1) is 5.83. The molecule has 0 aliphatic carbocycles. The van der Waals surface area contributed by atoms with Crippen molar-refractivity contribution in [3.63, 3.8) is 0 Å². The molecule has 1 N–H and O–H groups in total. The first kappa shape index (κ1) is 9.75. The summed E-state index contributed by atoms with van der Waals surface area (Å²) in [4.78, 5) is 1.43. The van der Waals surface area contributed by atoms with Crippen molar-refractivity contribution in [2.24, 2.45) is 0 Å². The molecule has 0 aromatic carbocycles. The molecule has 0 spiro atoms. The summed E-state index contributed by atoms with van der Waals surface area (Å²) in [5.74, 6) is 0. The van der Waals surface area contributed by atoms with E-state index < -0.39 is 0 Å². The van der Waals surface area contributed by atoms with Gasteiger partial charge >= 0.3 is 0 Å². The molecule has 1 aromatic rings. The highest BCUT2D eigenvalue weighted by Crippen LogP contribution is 2.08. The average molecular weight is 183 g/mol. The molecule has 1 atom stereocenters. The minimum absolute atomic E-state index is 0.650. The Morgan fingerprint density at radius 2 is 2.42 bits per heavy atom. The zero-order chi connectivity index (χ0) is 8.81. The lowest BCUT2D eigenvalue weighted by atomic mass is 10.2. The molecule has 0 amide bonds. The Balaban J connectivity index is 2.17. The smallest absolute Gasteiger partial charge is 0.0302 e. The SMILES string of the molecule is CCCC(C)NCc1cccs1. The lowest BCUT2D eigenvalue weighted by Crippen LogP contribution is -2.24. The lowest BCUT2D eigenvalue weighted by molar-refractivity contribution is 0.511. The summed E-state index contributed by atoms with van der Waals surface area (Å²) >= 11 is 1.82. The molecule has 1 aromatic heterocycles. The highest BCUT2D eigenvalue weighted by atomic mass is 32.1. The Hall–Kier alpha value is -0.340. The molecular formula is C10H17NS. The molecule has 0 aliphatic rings. The van der Waals surface area contributed by atoms with Crippen LogP contribution >= 0.6 is 11.3 Å². The first-order valence-electron chi connectivity index (χ1n) is 4.58. The van der Waals surface area contributed by atoms with Crippen molar-refractivity contribution in [3.05, 3.63) is 22.4 Å². The van der Waals surface area contributed by atoms with Crippen LogP contribution in [0.5, 0.6) is 0 Å². The van der Waals surface area contributed by atoms with Gasteiger partial charge in [-0.05, 0) is 24.8 Å². The maximum atomic E-state index is 3.50. The van der Waals surface area contributed by atoms with Crippen LogP contribution in [0, 0.1) is 0 Å². The molecule has 1 nitrogen and oxygen atoms in total. The van der Waals surface area contributed by atoms with Crippen LogP contribution in [0.15, 0.2) is 17.5 Å². The Kier molecular flexibility index (Phi) is 4.33. The van der Waals surface area contributed by atoms with E-state index in [4.69, 9.17) is 0 Å². The topological polar surface area (TPSA) is 12.0 Å². The van der Waals surface area contributed by atoms with Gasteiger partial charge in [-0.1, -0.05) is 19.4 Å². The molecule has 0 bridgehead atoms. The van der Waals surface area contributed by atoms with Crippen LogP contribution in [-0.2, 0) is 6.54 Å². The summed E-state index contributed by atoms with van der Waals surface area (Å²) < 4.78 is 0. The minimum Gasteiger partial charge on any atom is -0.309 e. The largest absolute Gasteiger partial charge is 0.309 e. The van der Waals surface area contributed by atoms with Gasteiger partial charge in [0.1, 0.15) is 0 Å². The highest BCUT2D eigenvalue weighted by molar-refractivity contribution is 7.09. The van der Waals surface area contributed by atoms with Gasteiger partial charge in [0.05, 0.1) is 0 Å². The van der Waals surface area contributed by atoms with Crippen molar-refractivity contribution in [3.8, 4) is 0 Å². The molecule has 68 valence electrons. The van der Waals surface area contributed by atoms with E-state index in [-0.39, 0.29) is 0 Å². The van der Waals surface area contributed by atoms with Gasteiger partial charge in [-0.3, -0.25) is 0 Å². The van der Waals surface area contributed by atoms with Crippen molar-refractivity contribution >= 4 is 11.3 Å². The Morgan fingerprint density at radius 3 is 3.00 bits per heavy atom. The molecule has 0 aliphatic heterocycles. The number of hydrogen-bond acceptors (Lipinski definition) is 2. The molecule has 2 heteroatoms. The van der Waals surface area contributed by atoms with Crippen LogP contribution in [0.25, 0.3) is 0 Å². The zero-order valence-corrected chi connectivity index (χ0v) is 8.66. The highest BCUT2D eigenvalue weighted by Gasteiger charge is 1.99. The molecule has 1 heterocycles. The van der Waals surface area contributed by atoms with Crippen LogP contribution < -0.4 is 5.32 Å². The molecule has 1 rings (SSSR count). The van der Waals surface area contributed by atoms with E-state index in [2.05, 4.69) is 36.7 Å². The van der Waals surface area contributed by atoms with Gasteiger partial charge in [-0.15, -0.1) is 11.3 Å². The van der Waals surface area contributed by atoms with Gasteiger partial charge in [0, 0.05) is 17.5 Å². The minimum atomic E-state index is 0.650. The van der Waals surface area contributed by atoms with E-state index in [1.165, 1.54) is 17.7 Å². The first-order valence-corrected chi connectivity index (χ1v) is 5.46. The Labute approximate surface area is 78.8 Å². The van der Waals surface area contributed by atoms with Gasteiger partial charge in [0.15, 0.2) is 0 Å². The van der Waals surface area contributed by atoms with Crippen LogP contribution in [-0.4, -0.2) is 6.04 Å². The van der Waals surface area contributed by atoms with Crippen molar-refractivity contribution in [1.29, 1.82) is 0 Å². The second-order valence-corrected chi connectivity index (χ2v) is 4.18. The quantitative estimate of drug-likeness (QED) is 0.740. The second-order valence-electron chi connectivity index (χ2n) is 3.15. The van der Waals surface area contributed by atoms with Crippen molar-refractivity contribution < 1.29 is 0 Å². The normalized spacial score (nSPS) is 13.2.